The molecule has 5 nitrogen and oxygen atoms in total. The fraction of sp³-hybridized carbons (Fsp3) is 0.263. The van der Waals surface area contributed by atoms with Crippen LogP contribution in [0, 0.1) is 0 Å². The summed E-state index contributed by atoms with van der Waals surface area (Å²) in [7, 11) is 0. The molecule has 0 saturated carbocycles. The molecule has 0 aliphatic rings. The molecule has 0 atom stereocenters. The first kappa shape index (κ1) is 20.1. The van der Waals surface area contributed by atoms with Gasteiger partial charge in [0.15, 0.2) is 0 Å². The SMILES string of the molecule is CC(C)(C)NC(=O)c1ccc(NC(=O)CNc2ccc(Cl)c(Cl)c2)cc1. The van der Waals surface area contributed by atoms with Crippen LogP contribution >= 0.6 is 23.2 Å². The minimum atomic E-state index is -0.305. The summed E-state index contributed by atoms with van der Waals surface area (Å²) in [6.45, 7) is 5.82. The highest BCUT2D eigenvalue weighted by atomic mass is 35.5. The average molecular weight is 394 g/mol. The molecule has 0 fully saturated rings. The van der Waals surface area contributed by atoms with E-state index in [2.05, 4.69) is 16.0 Å². The maximum Gasteiger partial charge on any atom is 0.251 e. The van der Waals surface area contributed by atoms with Gasteiger partial charge in [-0.05, 0) is 63.2 Å². The summed E-state index contributed by atoms with van der Waals surface area (Å²) in [6.07, 6.45) is 0. The molecule has 0 saturated heterocycles. The molecule has 26 heavy (non-hydrogen) atoms. The Morgan fingerprint density at radius 3 is 2.12 bits per heavy atom. The fourth-order valence-electron chi connectivity index (χ4n) is 2.11. The Hall–Kier alpha value is -2.24. The lowest BCUT2D eigenvalue weighted by molar-refractivity contribution is -0.114. The number of hydrogen-bond acceptors (Lipinski definition) is 3. The number of carbonyl (C=O) groups excluding carboxylic acids is 2. The van der Waals surface area contributed by atoms with Crippen molar-refractivity contribution < 1.29 is 9.59 Å². The molecule has 2 aromatic carbocycles. The first-order valence-corrected chi connectivity index (χ1v) is 8.81. The van der Waals surface area contributed by atoms with E-state index in [9.17, 15) is 9.59 Å². The van der Waals surface area contributed by atoms with Crippen molar-refractivity contribution in [2.45, 2.75) is 26.3 Å². The second-order valence-corrected chi connectivity index (χ2v) is 7.63. The smallest absolute Gasteiger partial charge is 0.251 e. The van der Waals surface area contributed by atoms with Crippen molar-refractivity contribution in [1.29, 1.82) is 0 Å². The van der Waals surface area contributed by atoms with Crippen LogP contribution < -0.4 is 16.0 Å². The van der Waals surface area contributed by atoms with Crippen LogP contribution in [0.3, 0.4) is 0 Å². The van der Waals surface area contributed by atoms with Gasteiger partial charge in [0.1, 0.15) is 0 Å². The van der Waals surface area contributed by atoms with Gasteiger partial charge >= 0.3 is 0 Å². The molecule has 0 aliphatic heterocycles. The second-order valence-electron chi connectivity index (χ2n) is 6.81. The van der Waals surface area contributed by atoms with Crippen LogP contribution in [0.4, 0.5) is 11.4 Å². The van der Waals surface area contributed by atoms with Crippen LogP contribution in [0.1, 0.15) is 31.1 Å². The van der Waals surface area contributed by atoms with E-state index < -0.39 is 0 Å². The van der Waals surface area contributed by atoms with Crippen molar-refractivity contribution in [2.24, 2.45) is 0 Å². The molecule has 138 valence electrons. The van der Waals surface area contributed by atoms with E-state index in [4.69, 9.17) is 23.2 Å². The summed E-state index contributed by atoms with van der Waals surface area (Å²) in [5.74, 6) is -0.375. The first-order valence-electron chi connectivity index (χ1n) is 8.05. The minimum absolute atomic E-state index is 0.0736. The molecule has 2 rings (SSSR count). The van der Waals surface area contributed by atoms with Gasteiger partial charge in [0, 0.05) is 22.5 Å². The zero-order valence-corrected chi connectivity index (χ0v) is 16.3. The van der Waals surface area contributed by atoms with Crippen molar-refractivity contribution in [3.63, 3.8) is 0 Å². The quantitative estimate of drug-likeness (QED) is 0.696. The third-order valence-corrected chi connectivity index (χ3v) is 4.03. The van der Waals surface area contributed by atoms with E-state index in [1.54, 1.807) is 42.5 Å². The monoisotopic (exact) mass is 393 g/mol. The van der Waals surface area contributed by atoms with Crippen molar-refractivity contribution >= 4 is 46.4 Å². The molecule has 0 aromatic heterocycles. The summed E-state index contributed by atoms with van der Waals surface area (Å²) >= 11 is 11.8. The number of hydrogen-bond donors (Lipinski definition) is 3. The molecule has 0 bridgehead atoms. The van der Waals surface area contributed by atoms with Gasteiger partial charge in [-0.15, -0.1) is 0 Å². The van der Waals surface area contributed by atoms with Crippen LogP contribution in [0.2, 0.25) is 10.0 Å². The first-order chi connectivity index (χ1) is 12.1. The molecule has 0 unspecified atom stereocenters. The number of amides is 2. The van der Waals surface area contributed by atoms with Crippen LogP contribution in [-0.2, 0) is 4.79 Å². The number of halogens is 2. The molecule has 2 aromatic rings. The van der Waals surface area contributed by atoms with Gasteiger partial charge in [0.25, 0.3) is 5.91 Å². The Kier molecular flexibility index (Phi) is 6.51. The van der Waals surface area contributed by atoms with Gasteiger partial charge in [0.2, 0.25) is 5.91 Å². The standard InChI is InChI=1S/C19H21Cl2N3O2/c1-19(2,3)24-18(26)12-4-6-13(7-5-12)23-17(25)11-22-14-8-9-15(20)16(21)10-14/h4-10,22H,11H2,1-3H3,(H,23,25)(H,24,26). The zero-order chi connectivity index (χ0) is 19.3. The molecule has 0 aliphatic carbocycles. The highest BCUT2D eigenvalue weighted by molar-refractivity contribution is 6.42. The molecule has 2 amide bonds. The van der Waals surface area contributed by atoms with Crippen LogP contribution in [0.15, 0.2) is 42.5 Å². The Labute approximate surface area is 163 Å². The fourth-order valence-corrected chi connectivity index (χ4v) is 2.41. The van der Waals surface area contributed by atoms with E-state index >= 15 is 0 Å². The molecule has 0 heterocycles. The molecular formula is C19H21Cl2N3O2. The van der Waals surface area contributed by atoms with Gasteiger partial charge in [-0.3, -0.25) is 9.59 Å². The predicted octanol–water partition coefficient (Wildman–Crippen LogP) is 4.57. The van der Waals surface area contributed by atoms with Gasteiger partial charge in [0.05, 0.1) is 16.6 Å². The van der Waals surface area contributed by atoms with Crippen LogP contribution in [0.5, 0.6) is 0 Å². The number of anilines is 2. The number of carbonyl (C=O) groups is 2. The molecular weight excluding hydrogens is 373 g/mol. The third-order valence-electron chi connectivity index (χ3n) is 3.29. The lowest BCUT2D eigenvalue weighted by Gasteiger charge is -2.20. The highest BCUT2D eigenvalue weighted by Gasteiger charge is 2.15. The second kappa shape index (κ2) is 8.43. The van der Waals surface area contributed by atoms with Crippen molar-refractivity contribution in [3.8, 4) is 0 Å². The van der Waals surface area contributed by atoms with Crippen molar-refractivity contribution in [3.05, 3.63) is 58.1 Å². The zero-order valence-electron chi connectivity index (χ0n) is 14.8. The van der Waals surface area contributed by atoms with Gasteiger partial charge in [-0.2, -0.15) is 0 Å². The molecule has 3 N–H and O–H groups in total. The lowest BCUT2D eigenvalue weighted by Crippen LogP contribution is -2.40. The molecule has 0 radical (unpaired) electrons. The van der Waals surface area contributed by atoms with E-state index in [-0.39, 0.29) is 23.9 Å². The number of rotatable bonds is 5. The van der Waals surface area contributed by atoms with Gasteiger partial charge in [-0.25, -0.2) is 0 Å². The molecule has 7 heteroatoms. The topological polar surface area (TPSA) is 70.2 Å². The summed E-state index contributed by atoms with van der Waals surface area (Å²) in [5.41, 5.74) is 1.54. The largest absolute Gasteiger partial charge is 0.376 e. The van der Waals surface area contributed by atoms with Gasteiger partial charge < -0.3 is 16.0 Å². The number of benzene rings is 2. The van der Waals surface area contributed by atoms with Crippen molar-refractivity contribution in [2.75, 3.05) is 17.2 Å². The Morgan fingerprint density at radius 2 is 1.54 bits per heavy atom. The summed E-state index contributed by atoms with van der Waals surface area (Å²) in [4.78, 5) is 24.1. The van der Waals surface area contributed by atoms with E-state index in [1.807, 2.05) is 20.8 Å². The van der Waals surface area contributed by atoms with Crippen molar-refractivity contribution in [1.82, 2.24) is 5.32 Å². The average Bonchev–Trinajstić information content (AvgIpc) is 2.55. The molecule has 0 spiro atoms. The summed E-state index contributed by atoms with van der Waals surface area (Å²) in [6, 6.07) is 11.8. The van der Waals surface area contributed by atoms with E-state index in [1.165, 1.54) is 0 Å². The maximum atomic E-state index is 12.1. The third kappa shape index (κ3) is 6.24. The summed E-state index contributed by atoms with van der Waals surface area (Å²) in [5, 5.41) is 9.49. The number of nitrogens with one attached hydrogen (secondary N) is 3. The van der Waals surface area contributed by atoms with Crippen LogP contribution in [-0.4, -0.2) is 23.9 Å². The Balaban J connectivity index is 1.88. The predicted molar refractivity (Wildman–Crippen MR) is 107 cm³/mol. The van der Waals surface area contributed by atoms with Crippen LogP contribution in [0.25, 0.3) is 0 Å². The maximum absolute atomic E-state index is 12.1. The Bertz CT molecular complexity index is 799. The highest BCUT2D eigenvalue weighted by Crippen LogP contribution is 2.24. The normalized spacial score (nSPS) is 11.0. The lowest BCUT2D eigenvalue weighted by atomic mass is 10.1. The van der Waals surface area contributed by atoms with E-state index in [0.717, 1.165) is 0 Å². The van der Waals surface area contributed by atoms with E-state index in [0.29, 0.717) is 27.0 Å². The van der Waals surface area contributed by atoms with Gasteiger partial charge in [-0.1, -0.05) is 23.2 Å². The Morgan fingerprint density at radius 1 is 0.923 bits per heavy atom. The minimum Gasteiger partial charge on any atom is -0.376 e. The summed E-state index contributed by atoms with van der Waals surface area (Å²) < 4.78 is 0.